The molecule has 2 aromatic rings. The summed E-state index contributed by atoms with van der Waals surface area (Å²) in [5.74, 6) is 1.17. The molecular formula is C19H19ClN4O2. The summed E-state index contributed by atoms with van der Waals surface area (Å²) in [6.45, 7) is 8.80. The lowest BCUT2D eigenvalue weighted by atomic mass is 9.92. The van der Waals surface area contributed by atoms with E-state index in [0.717, 1.165) is 25.7 Å². The highest BCUT2D eigenvalue weighted by Gasteiger charge is 2.24. The van der Waals surface area contributed by atoms with E-state index in [1.54, 1.807) is 37.5 Å². The van der Waals surface area contributed by atoms with E-state index in [0.29, 0.717) is 27.8 Å². The van der Waals surface area contributed by atoms with Crippen LogP contribution in [-0.4, -0.2) is 28.0 Å². The fraction of sp³-hybridized carbons (Fsp3) is 0.368. The van der Waals surface area contributed by atoms with Crippen LogP contribution in [0.1, 0.15) is 41.9 Å². The molecule has 0 atom stereocenters. The second-order valence-corrected chi connectivity index (χ2v) is 6.72. The molecule has 3 rings (SSSR count). The topological polar surface area (TPSA) is 68.5 Å². The normalized spacial score (nSPS) is 19.4. The van der Waals surface area contributed by atoms with Gasteiger partial charge in [-0.3, -0.25) is 4.79 Å². The maximum atomic E-state index is 12.2. The van der Waals surface area contributed by atoms with Gasteiger partial charge < -0.3 is 10.1 Å². The van der Waals surface area contributed by atoms with Crippen molar-refractivity contribution >= 4 is 23.2 Å². The van der Waals surface area contributed by atoms with E-state index in [-0.39, 0.29) is 18.1 Å². The van der Waals surface area contributed by atoms with Gasteiger partial charge in [0.05, 0.1) is 23.3 Å². The summed E-state index contributed by atoms with van der Waals surface area (Å²) in [6, 6.07) is 5.24. The molecule has 0 spiro atoms. The summed E-state index contributed by atoms with van der Waals surface area (Å²) >= 11 is 6.04. The van der Waals surface area contributed by atoms with Crippen LogP contribution in [0.5, 0.6) is 5.75 Å². The van der Waals surface area contributed by atoms with Gasteiger partial charge in [-0.15, -0.1) is 0 Å². The van der Waals surface area contributed by atoms with Gasteiger partial charge in [0.15, 0.2) is 0 Å². The van der Waals surface area contributed by atoms with Gasteiger partial charge in [-0.05, 0) is 44.7 Å². The van der Waals surface area contributed by atoms with Crippen LogP contribution in [0.15, 0.2) is 30.6 Å². The fourth-order valence-electron chi connectivity index (χ4n) is 2.95. The zero-order valence-electron chi connectivity index (χ0n) is 14.4. The smallest absolute Gasteiger partial charge is 0.254 e. The van der Waals surface area contributed by atoms with Gasteiger partial charge in [0.1, 0.15) is 11.6 Å². The number of hydrogen-bond donors (Lipinski definition) is 1. The summed E-state index contributed by atoms with van der Waals surface area (Å²) in [7, 11) is 0. The summed E-state index contributed by atoms with van der Waals surface area (Å²) in [6.07, 6.45) is 6.55. The van der Waals surface area contributed by atoms with Crippen molar-refractivity contribution in [2.45, 2.75) is 44.8 Å². The molecule has 0 aliphatic heterocycles. The van der Waals surface area contributed by atoms with Crippen molar-refractivity contribution in [1.29, 1.82) is 0 Å². The number of ether oxygens (including phenoxy) is 1. The second kappa shape index (κ2) is 8.15. The van der Waals surface area contributed by atoms with Crippen molar-refractivity contribution in [2.75, 3.05) is 0 Å². The number of hydrogen-bond acceptors (Lipinski definition) is 4. The Morgan fingerprint density at radius 2 is 1.96 bits per heavy atom. The summed E-state index contributed by atoms with van der Waals surface area (Å²) < 4.78 is 5.97. The Balaban J connectivity index is 1.49. The molecule has 0 radical (unpaired) electrons. The van der Waals surface area contributed by atoms with Gasteiger partial charge in [-0.25, -0.2) is 14.8 Å². The maximum Gasteiger partial charge on any atom is 0.254 e. The number of carbonyl (C=O) groups excluding carboxylic acids is 1. The van der Waals surface area contributed by atoms with Crippen LogP contribution < -0.4 is 10.1 Å². The minimum atomic E-state index is -0.143. The lowest BCUT2D eigenvalue weighted by Gasteiger charge is -2.29. The van der Waals surface area contributed by atoms with Gasteiger partial charge in [-0.1, -0.05) is 17.7 Å². The number of halogens is 1. The number of aromatic nitrogens is 2. The third-order valence-electron chi connectivity index (χ3n) is 4.39. The zero-order valence-corrected chi connectivity index (χ0v) is 15.2. The molecule has 0 unspecified atom stereocenters. The zero-order chi connectivity index (χ0) is 18.5. The molecule has 6 nitrogen and oxygen atoms in total. The third kappa shape index (κ3) is 4.50. The largest absolute Gasteiger partial charge is 0.490 e. The number of nitrogens with zero attached hydrogens (tertiary/aromatic N) is 3. The minimum Gasteiger partial charge on any atom is -0.490 e. The summed E-state index contributed by atoms with van der Waals surface area (Å²) in [4.78, 5) is 23.7. The lowest BCUT2D eigenvalue weighted by Crippen LogP contribution is -2.39. The Morgan fingerprint density at radius 1 is 1.27 bits per heavy atom. The fourth-order valence-corrected chi connectivity index (χ4v) is 3.16. The summed E-state index contributed by atoms with van der Waals surface area (Å²) in [5.41, 5.74) is 0.897. The van der Waals surface area contributed by atoms with Gasteiger partial charge in [0, 0.05) is 18.4 Å². The van der Waals surface area contributed by atoms with Crippen molar-refractivity contribution in [3.8, 4) is 5.75 Å². The van der Waals surface area contributed by atoms with Crippen molar-refractivity contribution in [3.63, 3.8) is 0 Å². The molecule has 1 saturated carbocycles. The molecular weight excluding hydrogens is 352 g/mol. The monoisotopic (exact) mass is 370 g/mol. The van der Waals surface area contributed by atoms with E-state index in [1.165, 1.54) is 0 Å². The lowest BCUT2D eigenvalue weighted by molar-refractivity contribution is 0.0893. The molecule has 0 bridgehead atoms. The van der Waals surface area contributed by atoms with Crippen molar-refractivity contribution < 1.29 is 9.53 Å². The first-order valence-corrected chi connectivity index (χ1v) is 8.86. The molecule has 134 valence electrons. The van der Waals surface area contributed by atoms with Crippen LogP contribution in [0.25, 0.3) is 4.85 Å². The average Bonchev–Trinajstić information content (AvgIpc) is 2.64. The molecule has 1 aromatic heterocycles. The molecule has 1 heterocycles. The molecule has 26 heavy (non-hydrogen) atoms. The number of carbonyl (C=O) groups is 1. The van der Waals surface area contributed by atoms with Gasteiger partial charge in [0.2, 0.25) is 5.69 Å². The molecule has 7 heteroatoms. The van der Waals surface area contributed by atoms with Crippen LogP contribution in [0, 0.1) is 13.5 Å². The Bertz CT molecular complexity index is 824. The Morgan fingerprint density at radius 3 is 2.58 bits per heavy atom. The highest BCUT2D eigenvalue weighted by Crippen LogP contribution is 2.31. The van der Waals surface area contributed by atoms with E-state index >= 15 is 0 Å². The predicted molar refractivity (Wildman–Crippen MR) is 98.6 cm³/mol. The molecule has 1 N–H and O–H groups in total. The van der Waals surface area contributed by atoms with E-state index in [2.05, 4.69) is 20.1 Å². The standard InChI is InChI=1S/C19H19ClN4O2/c1-12-22-10-13(11-23-12)19(25)24-14-3-5-15(6-4-14)26-16-7-8-18(21-2)17(20)9-16/h7-11,14-15H,3-6H2,1H3,(H,24,25). The Labute approximate surface area is 157 Å². The van der Waals surface area contributed by atoms with E-state index in [1.807, 2.05) is 0 Å². The first kappa shape index (κ1) is 18.2. The van der Waals surface area contributed by atoms with Crippen molar-refractivity contribution in [3.05, 3.63) is 58.4 Å². The van der Waals surface area contributed by atoms with Crippen molar-refractivity contribution in [1.82, 2.24) is 15.3 Å². The first-order valence-electron chi connectivity index (χ1n) is 8.48. The van der Waals surface area contributed by atoms with Gasteiger partial charge in [-0.2, -0.15) is 0 Å². The maximum absolute atomic E-state index is 12.2. The molecule has 0 saturated heterocycles. The predicted octanol–water partition coefficient (Wildman–Crippen LogP) is 4.11. The SMILES string of the molecule is [C-]#[N+]c1ccc(OC2CCC(NC(=O)c3cnc(C)nc3)CC2)cc1Cl. The number of amides is 1. The molecule has 1 amide bonds. The highest BCUT2D eigenvalue weighted by atomic mass is 35.5. The molecule has 1 aromatic carbocycles. The first-order chi connectivity index (χ1) is 12.5. The van der Waals surface area contributed by atoms with Gasteiger partial charge >= 0.3 is 0 Å². The Hall–Kier alpha value is -2.65. The van der Waals surface area contributed by atoms with Crippen LogP contribution in [0.3, 0.4) is 0 Å². The number of benzene rings is 1. The van der Waals surface area contributed by atoms with Gasteiger partial charge in [0.25, 0.3) is 5.91 Å². The average molecular weight is 371 g/mol. The molecule has 1 aliphatic carbocycles. The van der Waals surface area contributed by atoms with E-state index in [9.17, 15) is 4.79 Å². The van der Waals surface area contributed by atoms with Crippen LogP contribution in [-0.2, 0) is 0 Å². The highest BCUT2D eigenvalue weighted by molar-refractivity contribution is 6.33. The quantitative estimate of drug-likeness (QED) is 0.822. The van der Waals surface area contributed by atoms with E-state index in [4.69, 9.17) is 22.9 Å². The molecule has 1 fully saturated rings. The number of rotatable bonds is 4. The number of aryl methyl sites for hydroxylation is 1. The summed E-state index contributed by atoms with van der Waals surface area (Å²) in [5, 5.41) is 3.44. The minimum absolute atomic E-state index is 0.0840. The van der Waals surface area contributed by atoms with Crippen molar-refractivity contribution in [2.24, 2.45) is 0 Å². The third-order valence-corrected chi connectivity index (χ3v) is 4.70. The van der Waals surface area contributed by atoms with Crippen LogP contribution >= 0.6 is 11.6 Å². The second-order valence-electron chi connectivity index (χ2n) is 6.31. The van der Waals surface area contributed by atoms with E-state index < -0.39 is 0 Å². The molecule has 1 aliphatic rings. The van der Waals surface area contributed by atoms with Crippen LogP contribution in [0.4, 0.5) is 5.69 Å². The Kier molecular flexibility index (Phi) is 5.69. The van der Waals surface area contributed by atoms with Crippen LogP contribution in [0.2, 0.25) is 5.02 Å². The number of nitrogens with one attached hydrogen (secondary N) is 1.